The largest absolute Gasteiger partial charge is 0.497 e. The van der Waals surface area contributed by atoms with Gasteiger partial charge in [-0.3, -0.25) is 57.6 Å². The van der Waals surface area contributed by atoms with Crippen molar-refractivity contribution >= 4 is 92.9 Å². The summed E-state index contributed by atoms with van der Waals surface area (Å²) in [5, 5.41) is 68.0. The second-order valence-corrected chi connectivity index (χ2v) is 17.8. The molecule has 4 aromatic rings. The van der Waals surface area contributed by atoms with Crippen molar-refractivity contribution < 1.29 is 107 Å². The smallest absolute Gasteiger partial charge is 0.326 e. The second-order valence-electron chi connectivity index (χ2n) is 17.8. The fraction of sp³-hybridized carbons (Fsp3) is 0.385. The molecule has 0 aliphatic rings. The van der Waals surface area contributed by atoms with Crippen molar-refractivity contribution in [3.63, 3.8) is 0 Å². The van der Waals surface area contributed by atoms with Crippen LogP contribution < -0.4 is 30.7 Å². The Kier molecular flexibility index (Phi) is 23.0. The van der Waals surface area contributed by atoms with Crippen LogP contribution in [0, 0.1) is 0 Å². The lowest BCUT2D eigenvalue weighted by molar-refractivity contribution is -0.149. The lowest BCUT2D eigenvalue weighted by Gasteiger charge is -2.31. The molecule has 0 saturated carbocycles. The van der Waals surface area contributed by atoms with Gasteiger partial charge < -0.3 is 70.9 Å². The quantitative estimate of drug-likeness (QED) is 0.0306. The Morgan fingerprint density at radius 3 is 1.09 bits per heavy atom. The molecular weight excluding hydrogens is 1050 g/mol. The van der Waals surface area contributed by atoms with Gasteiger partial charge >= 0.3 is 47.8 Å². The Labute approximate surface area is 449 Å². The van der Waals surface area contributed by atoms with Gasteiger partial charge in [-0.1, -0.05) is 48.5 Å². The predicted molar refractivity (Wildman–Crippen MR) is 272 cm³/mol. The SMILES string of the molecule is COc1ccc2cc([C@H](C)C(=O)OCCN(CCOC(=O)[C@@H](C)c3ccc4cc(OC)ccc4c3)C(CC(=O)O)C(=O)NC(CC(=O)O)C(=O)NC(CC(=O)O)C(=O)NC(CC(=O)O)C(=O)NC(CC(=O)O)C(=O)O)ccc2c1. The summed E-state index contributed by atoms with van der Waals surface area (Å²) in [6.45, 7) is 1.26. The number of rotatable bonds is 32. The van der Waals surface area contributed by atoms with E-state index in [1.807, 2.05) is 10.6 Å². The minimum atomic E-state index is -2.28. The van der Waals surface area contributed by atoms with E-state index in [4.69, 9.17) is 24.1 Å². The van der Waals surface area contributed by atoms with Crippen LogP contribution in [-0.2, 0) is 67.0 Å². The van der Waals surface area contributed by atoms with Crippen molar-refractivity contribution in [2.24, 2.45) is 0 Å². The molecule has 5 unspecified atom stereocenters. The van der Waals surface area contributed by atoms with E-state index in [-0.39, 0.29) is 0 Å². The summed E-state index contributed by atoms with van der Waals surface area (Å²) in [5.41, 5.74) is 1.13. The molecule has 4 amide bonds. The highest BCUT2D eigenvalue weighted by molar-refractivity contribution is 5.99. The third-order valence-corrected chi connectivity index (χ3v) is 12.2. The molecule has 0 aliphatic carbocycles. The molecule has 0 aromatic heterocycles. The summed E-state index contributed by atoms with van der Waals surface area (Å²) in [4.78, 5) is 153. The zero-order valence-corrected chi connectivity index (χ0v) is 43.0. The molecule has 4 aromatic carbocycles. The molecule has 424 valence electrons. The van der Waals surface area contributed by atoms with Crippen molar-refractivity contribution in [1.82, 2.24) is 26.2 Å². The van der Waals surface area contributed by atoms with Gasteiger partial charge in [-0.05, 0) is 70.8 Å². The molecule has 0 spiro atoms. The number of amides is 4. The standard InChI is InChI=1S/C52H59N5O22/c1-26(28-5-7-32-19-34(76-3)11-9-30(32)17-28)51(74)78-15-13-57(14-16-79-52(75)27(2)29-6-8-33-20-35(77-4)12-10-31(33)18-29)40(25-45(66)67)49(71)55-38(23-43(62)63)47(69)53-36(21-41(58)59)46(68)54-37(22-42(60)61)48(70)56-39(50(72)73)24-44(64)65/h5-12,17-20,26-27,36-40H,13-16,21-25H2,1-4H3,(H,53,69)(H,54,68)(H,55,71)(H,56,70)(H,58,59)(H,60,61)(H,62,63)(H,64,65)(H,66,67)(H,72,73)/t26-,27-,36?,37?,38?,39?,40?/m0/s1. The van der Waals surface area contributed by atoms with Crippen LogP contribution in [0.4, 0.5) is 0 Å². The number of carbonyl (C=O) groups excluding carboxylic acids is 6. The fourth-order valence-electron chi connectivity index (χ4n) is 7.91. The third kappa shape index (κ3) is 19.0. The van der Waals surface area contributed by atoms with Crippen molar-refractivity contribution in [3.8, 4) is 11.5 Å². The molecule has 0 fully saturated rings. The van der Waals surface area contributed by atoms with Crippen molar-refractivity contribution in [3.05, 3.63) is 83.9 Å². The van der Waals surface area contributed by atoms with E-state index < -0.39 is 172 Å². The van der Waals surface area contributed by atoms with E-state index in [0.29, 0.717) is 22.6 Å². The van der Waals surface area contributed by atoms with Gasteiger partial charge in [0.1, 0.15) is 48.9 Å². The lowest BCUT2D eigenvalue weighted by atomic mass is 9.98. The number of nitrogens with one attached hydrogen (secondary N) is 4. The molecule has 7 atom stereocenters. The van der Waals surface area contributed by atoms with E-state index in [0.717, 1.165) is 26.4 Å². The molecule has 4 rings (SSSR count). The number of carboxylic acid groups (broad SMARTS) is 6. The molecule has 0 radical (unpaired) electrons. The highest BCUT2D eigenvalue weighted by Crippen LogP contribution is 2.28. The topological polar surface area (TPSA) is 414 Å². The number of benzene rings is 4. The van der Waals surface area contributed by atoms with Gasteiger partial charge in [0.15, 0.2) is 0 Å². The van der Waals surface area contributed by atoms with E-state index in [1.54, 1.807) is 92.0 Å². The number of ether oxygens (including phenoxy) is 4. The van der Waals surface area contributed by atoms with Crippen LogP contribution in [0.5, 0.6) is 11.5 Å². The number of hydrogen-bond donors (Lipinski definition) is 10. The third-order valence-electron chi connectivity index (χ3n) is 12.2. The maximum absolute atomic E-state index is 14.2. The number of hydrogen-bond acceptors (Lipinski definition) is 17. The summed E-state index contributed by atoms with van der Waals surface area (Å²) in [6, 6.07) is 10.4. The highest BCUT2D eigenvalue weighted by Gasteiger charge is 2.37. The maximum atomic E-state index is 14.2. The van der Waals surface area contributed by atoms with E-state index in [2.05, 4.69) is 5.32 Å². The van der Waals surface area contributed by atoms with Gasteiger partial charge in [0.25, 0.3) is 0 Å². The summed E-state index contributed by atoms with van der Waals surface area (Å²) in [6.07, 6.45) is -6.18. The first-order valence-electron chi connectivity index (χ1n) is 24.1. The molecule has 0 saturated heterocycles. The Morgan fingerprint density at radius 2 is 0.747 bits per heavy atom. The Bertz CT molecular complexity index is 2850. The lowest BCUT2D eigenvalue weighted by Crippen LogP contribution is -2.60. The zero-order chi connectivity index (χ0) is 58.7. The molecule has 27 heteroatoms. The molecule has 0 heterocycles. The first kappa shape index (κ1) is 62.1. The monoisotopic (exact) mass is 1110 g/mol. The van der Waals surface area contributed by atoms with Gasteiger partial charge in [0.2, 0.25) is 23.6 Å². The molecule has 0 aliphatic heterocycles. The zero-order valence-electron chi connectivity index (χ0n) is 43.0. The van der Waals surface area contributed by atoms with E-state index >= 15 is 0 Å². The van der Waals surface area contributed by atoms with E-state index in [1.165, 1.54) is 14.2 Å². The number of nitrogens with zero attached hydrogens (tertiary/aromatic N) is 1. The van der Waals surface area contributed by atoms with E-state index in [9.17, 15) is 83.1 Å². The van der Waals surface area contributed by atoms with Crippen LogP contribution in [0.15, 0.2) is 72.8 Å². The fourth-order valence-corrected chi connectivity index (χ4v) is 7.91. The summed E-state index contributed by atoms with van der Waals surface area (Å²) >= 11 is 0. The second kappa shape index (κ2) is 29.2. The molecule has 79 heavy (non-hydrogen) atoms. The van der Waals surface area contributed by atoms with Gasteiger partial charge in [0, 0.05) is 13.1 Å². The van der Waals surface area contributed by atoms with Crippen LogP contribution in [-0.4, -0.2) is 178 Å². The van der Waals surface area contributed by atoms with Crippen molar-refractivity contribution in [2.45, 2.75) is 88.0 Å². The van der Waals surface area contributed by atoms with Crippen LogP contribution in [0.25, 0.3) is 21.5 Å². The average Bonchev–Trinajstić information content (AvgIpc) is 3.40. The summed E-state index contributed by atoms with van der Waals surface area (Å²) in [7, 11) is 3.03. The first-order valence-corrected chi connectivity index (χ1v) is 24.1. The van der Waals surface area contributed by atoms with Gasteiger partial charge in [0.05, 0.1) is 64.2 Å². The number of methoxy groups -OCH3 is 2. The van der Waals surface area contributed by atoms with Crippen molar-refractivity contribution in [2.75, 3.05) is 40.5 Å². The molecule has 27 nitrogen and oxygen atoms in total. The van der Waals surface area contributed by atoms with Crippen LogP contribution in [0.3, 0.4) is 0 Å². The normalized spacial score (nSPS) is 13.7. The van der Waals surface area contributed by atoms with Crippen molar-refractivity contribution in [1.29, 1.82) is 0 Å². The number of aliphatic carboxylic acids is 6. The minimum Gasteiger partial charge on any atom is -0.497 e. The first-order chi connectivity index (χ1) is 37.3. The number of carbonyl (C=O) groups is 12. The Balaban J connectivity index is 1.60. The highest BCUT2D eigenvalue weighted by atomic mass is 16.5. The molecule has 10 N–H and O–H groups in total. The average molecular weight is 1110 g/mol. The minimum absolute atomic E-state index is 0.437. The number of fused-ring (bicyclic) bond motifs is 2. The Morgan fingerprint density at radius 1 is 0.430 bits per heavy atom. The summed E-state index contributed by atoms with van der Waals surface area (Å²) in [5.74, 6) is -18.6. The van der Waals surface area contributed by atoms with Gasteiger partial charge in [-0.15, -0.1) is 0 Å². The predicted octanol–water partition coefficient (Wildman–Crippen LogP) is 1.07. The van der Waals surface area contributed by atoms with Crippen LogP contribution >= 0.6 is 0 Å². The van der Waals surface area contributed by atoms with Crippen LogP contribution in [0.2, 0.25) is 0 Å². The number of carboxylic acids is 6. The number of esters is 2. The molecular formula is C52H59N5O22. The molecule has 0 bridgehead atoms. The van der Waals surface area contributed by atoms with Crippen LogP contribution in [0.1, 0.15) is 68.9 Å². The maximum Gasteiger partial charge on any atom is 0.326 e. The Hall–Kier alpha value is -9.40. The van der Waals surface area contributed by atoms with Gasteiger partial charge in [-0.25, -0.2) is 4.79 Å². The van der Waals surface area contributed by atoms with Gasteiger partial charge in [-0.2, -0.15) is 0 Å². The summed E-state index contributed by atoms with van der Waals surface area (Å²) < 4.78 is 21.7.